The number of hydrogen-bond donors (Lipinski definition) is 0. The van der Waals surface area contributed by atoms with Crippen LogP contribution in [0.5, 0.6) is 0 Å². The molecule has 0 aliphatic carbocycles. The van der Waals surface area contributed by atoms with Gasteiger partial charge in [0.25, 0.3) is 0 Å². The fraction of sp³-hybridized carbons (Fsp3) is 0.571. The highest BCUT2D eigenvalue weighted by molar-refractivity contribution is 9.11. The van der Waals surface area contributed by atoms with E-state index in [0.29, 0.717) is 0 Å². The average molecular weight is 285 g/mol. The van der Waals surface area contributed by atoms with Gasteiger partial charge in [0, 0.05) is 18.8 Å². The SMILES string of the molecule is C[N+]1=CO/C(=C\Br)C1(C)C.[Br-]. The molecule has 1 aliphatic heterocycles. The minimum Gasteiger partial charge on any atom is -1.00 e. The molecule has 0 bridgehead atoms. The molecule has 0 radical (unpaired) electrons. The predicted molar refractivity (Wildman–Crippen MR) is 44.4 cm³/mol. The number of rotatable bonds is 0. The minimum absolute atomic E-state index is 0. The second kappa shape index (κ2) is 3.72. The Kier molecular flexibility index (Phi) is 3.77. The molecule has 0 aromatic rings. The molecule has 0 spiro atoms. The molecule has 1 rings (SSSR count). The van der Waals surface area contributed by atoms with Gasteiger partial charge in [-0.15, -0.1) is 0 Å². The Morgan fingerprint density at radius 1 is 1.64 bits per heavy atom. The molecule has 0 aromatic carbocycles. The van der Waals surface area contributed by atoms with E-state index in [2.05, 4.69) is 29.8 Å². The highest BCUT2D eigenvalue weighted by Crippen LogP contribution is 2.25. The van der Waals surface area contributed by atoms with Gasteiger partial charge < -0.3 is 21.7 Å². The van der Waals surface area contributed by atoms with Crippen LogP contribution in [0.2, 0.25) is 0 Å². The summed E-state index contributed by atoms with van der Waals surface area (Å²) in [6.07, 6.45) is 1.72. The summed E-state index contributed by atoms with van der Waals surface area (Å²) in [5.74, 6) is 0.940. The van der Waals surface area contributed by atoms with Crippen molar-refractivity contribution in [2.24, 2.45) is 0 Å². The molecule has 0 saturated heterocycles. The molecule has 0 fully saturated rings. The van der Waals surface area contributed by atoms with Crippen LogP contribution in [-0.4, -0.2) is 23.6 Å². The van der Waals surface area contributed by atoms with Crippen molar-refractivity contribution in [3.63, 3.8) is 0 Å². The smallest absolute Gasteiger partial charge is 0.329 e. The Hall–Kier alpha value is 0.170. The maximum absolute atomic E-state index is 5.24. The van der Waals surface area contributed by atoms with E-state index < -0.39 is 0 Å². The summed E-state index contributed by atoms with van der Waals surface area (Å²) >= 11 is 3.25. The third-order valence-corrected chi connectivity index (χ3v) is 2.34. The minimum atomic E-state index is -0.0104. The van der Waals surface area contributed by atoms with Crippen LogP contribution in [0.4, 0.5) is 0 Å². The number of halogens is 2. The van der Waals surface area contributed by atoms with Gasteiger partial charge in [-0.3, -0.25) is 0 Å². The molecule has 64 valence electrons. The van der Waals surface area contributed by atoms with Crippen molar-refractivity contribution in [3.05, 3.63) is 10.7 Å². The van der Waals surface area contributed by atoms with E-state index in [0.717, 1.165) is 5.76 Å². The summed E-state index contributed by atoms with van der Waals surface area (Å²) in [6, 6.07) is 0. The quantitative estimate of drug-likeness (QED) is 0.504. The van der Waals surface area contributed by atoms with E-state index in [1.807, 2.05) is 16.6 Å². The fourth-order valence-electron chi connectivity index (χ4n) is 0.745. The van der Waals surface area contributed by atoms with E-state index in [9.17, 15) is 0 Å². The van der Waals surface area contributed by atoms with Crippen LogP contribution in [-0.2, 0) is 4.74 Å². The van der Waals surface area contributed by atoms with Gasteiger partial charge in [0.2, 0.25) is 5.54 Å². The maximum atomic E-state index is 5.24. The van der Waals surface area contributed by atoms with Crippen LogP contribution in [0.25, 0.3) is 0 Å². The largest absolute Gasteiger partial charge is 1.00 e. The van der Waals surface area contributed by atoms with Gasteiger partial charge in [-0.25, -0.2) is 0 Å². The molecular formula is C7H11Br2NO. The van der Waals surface area contributed by atoms with E-state index in [-0.39, 0.29) is 22.5 Å². The summed E-state index contributed by atoms with van der Waals surface area (Å²) < 4.78 is 7.27. The number of likely N-dealkylation sites (N-methyl/N-ethyl adjacent to an activating group) is 1. The topological polar surface area (TPSA) is 12.2 Å². The molecule has 11 heavy (non-hydrogen) atoms. The average Bonchev–Trinajstić information content (AvgIpc) is 2.10. The summed E-state index contributed by atoms with van der Waals surface area (Å²) in [6.45, 7) is 4.20. The molecule has 0 aromatic heterocycles. The zero-order chi connectivity index (χ0) is 7.78. The van der Waals surface area contributed by atoms with Crippen molar-refractivity contribution >= 4 is 22.3 Å². The van der Waals surface area contributed by atoms with Gasteiger partial charge >= 0.3 is 6.40 Å². The second-order valence-corrected chi connectivity index (χ2v) is 3.32. The second-order valence-electron chi connectivity index (χ2n) is 2.87. The summed E-state index contributed by atoms with van der Waals surface area (Å²) in [7, 11) is 1.99. The van der Waals surface area contributed by atoms with Gasteiger partial charge in [0.15, 0.2) is 5.76 Å². The molecule has 0 saturated carbocycles. The van der Waals surface area contributed by atoms with Crippen LogP contribution >= 0.6 is 15.9 Å². The first-order valence-electron chi connectivity index (χ1n) is 3.13. The lowest BCUT2D eigenvalue weighted by molar-refractivity contribution is -0.552. The van der Waals surface area contributed by atoms with Crippen LogP contribution < -0.4 is 17.0 Å². The third-order valence-electron chi connectivity index (χ3n) is 1.92. The lowest BCUT2D eigenvalue weighted by Crippen LogP contribution is -3.00. The molecule has 0 unspecified atom stereocenters. The van der Waals surface area contributed by atoms with E-state index >= 15 is 0 Å². The van der Waals surface area contributed by atoms with Crippen molar-refractivity contribution in [2.75, 3.05) is 7.05 Å². The zero-order valence-corrected chi connectivity index (χ0v) is 9.94. The standard InChI is InChI=1S/C7H11BrNO.BrH/c1-7(2)6(4-8)10-5-9(7)3;/h4-5H,1-3H3;1H/q+1;/p-1/b6-4-;. The maximum Gasteiger partial charge on any atom is 0.329 e. The van der Waals surface area contributed by atoms with Crippen LogP contribution in [0.3, 0.4) is 0 Å². The number of ether oxygens (including phenoxy) is 1. The molecule has 2 nitrogen and oxygen atoms in total. The van der Waals surface area contributed by atoms with Gasteiger partial charge in [-0.2, -0.15) is 4.58 Å². The Morgan fingerprint density at radius 3 is 2.36 bits per heavy atom. The Morgan fingerprint density at radius 2 is 2.18 bits per heavy atom. The fourth-order valence-corrected chi connectivity index (χ4v) is 1.41. The van der Waals surface area contributed by atoms with E-state index in [4.69, 9.17) is 4.74 Å². The van der Waals surface area contributed by atoms with Gasteiger partial charge in [-0.05, 0) is 0 Å². The summed E-state index contributed by atoms with van der Waals surface area (Å²) in [5, 5.41) is 0. The van der Waals surface area contributed by atoms with Crippen LogP contribution in [0, 0.1) is 0 Å². The Balaban J connectivity index is 0.000001000. The van der Waals surface area contributed by atoms with Crippen molar-refractivity contribution in [1.82, 2.24) is 0 Å². The Bertz CT molecular complexity index is 208. The molecule has 1 aliphatic rings. The first-order chi connectivity index (χ1) is 4.59. The van der Waals surface area contributed by atoms with Gasteiger partial charge in [0.1, 0.15) is 7.05 Å². The summed E-state index contributed by atoms with van der Waals surface area (Å²) in [5.41, 5.74) is -0.0104. The molecule has 1 heterocycles. The molecule has 0 atom stereocenters. The highest BCUT2D eigenvalue weighted by Gasteiger charge is 2.39. The van der Waals surface area contributed by atoms with Crippen molar-refractivity contribution in [3.8, 4) is 0 Å². The molecular weight excluding hydrogens is 274 g/mol. The first kappa shape index (κ1) is 11.2. The van der Waals surface area contributed by atoms with Crippen LogP contribution in [0.1, 0.15) is 13.8 Å². The highest BCUT2D eigenvalue weighted by atomic mass is 79.9. The number of hydrogen-bond acceptors (Lipinski definition) is 1. The van der Waals surface area contributed by atoms with Crippen LogP contribution in [0.15, 0.2) is 10.7 Å². The third kappa shape index (κ3) is 1.85. The summed E-state index contributed by atoms with van der Waals surface area (Å²) in [4.78, 5) is 1.81. The monoisotopic (exact) mass is 283 g/mol. The first-order valence-corrected chi connectivity index (χ1v) is 4.04. The normalized spacial score (nSPS) is 24.0. The Labute approximate surface area is 85.8 Å². The lowest BCUT2D eigenvalue weighted by atomic mass is 10.0. The van der Waals surface area contributed by atoms with E-state index in [1.165, 1.54) is 0 Å². The lowest BCUT2D eigenvalue weighted by Gasteiger charge is -2.11. The molecule has 0 amide bonds. The number of nitrogens with zero attached hydrogens (tertiary/aromatic N) is 1. The molecule has 4 heteroatoms. The molecule has 0 N–H and O–H groups in total. The van der Waals surface area contributed by atoms with Crippen molar-refractivity contribution < 1.29 is 26.3 Å². The van der Waals surface area contributed by atoms with Crippen molar-refractivity contribution in [2.45, 2.75) is 19.4 Å². The predicted octanol–water partition coefficient (Wildman–Crippen LogP) is -1.29. The van der Waals surface area contributed by atoms with Gasteiger partial charge in [-0.1, -0.05) is 15.9 Å². The zero-order valence-electron chi connectivity index (χ0n) is 6.77. The van der Waals surface area contributed by atoms with Gasteiger partial charge in [0.05, 0.1) is 0 Å². The van der Waals surface area contributed by atoms with Crippen molar-refractivity contribution in [1.29, 1.82) is 0 Å². The van der Waals surface area contributed by atoms with E-state index in [1.54, 1.807) is 6.40 Å².